The van der Waals surface area contributed by atoms with E-state index in [9.17, 15) is 14.4 Å². The van der Waals surface area contributed by atoms with Crippen molar-refractivity contribution in [2.45, 2.75) is 0 Å². The van der Waals surface area contributed by atoms with Gasteiger partial charge in [-0.1, -0.05) is 0 Å². The zero-order valence-corrected chi connectivity index (χ0v) is 7.44. The van der Waals surface area contributed by atoms with Crippen LogP contribution in [0.3, 0.4) is 0 Å². The Morgan fingerprint density at radius 3 is 2.23 bits per heavy atom. The number of urea groups is 1. The minimum absolute atomic E-state index is 0.115. The van der Waals surface area contributed by atoms with Crippen molar-refractivity contribution < 1.29 is 19.1 Å². The average molecular weight is 186 g/mol. The Labute approximate surface area is 75.0 Å². The van der Waals surface area contributed by atoms with Crippen molar-refractivity contribution in [3.05, 3.63) is 0 Å². The molecule has 1 aliphatic rings. The summed E-state index contributed by atoms with van der Waals surface area (Å²) in [5.41, 5.74) is 0. The number of nitrogens with zero attached hydrogens (tertiary/aromatic N) is 2. The number of rotatable bonds is 3. The zero-order chi connectivity index (χ0) is 10.0. The van der Waals surface area contributed by atoms with E-state index in [1.54, 1.807) is 0 Å². The van der Waals surface area contributed by atoms with Crippen LogP contribution in [0.4, 0.5) is 4.79 Å². The topological polar surface area (TPSA) is 66.9 Å². The lowest BCUT2D eigenvalue weighted by Gasteiger charge is -2.11. The molecule has 0 radical (unpaired) electrons. The fourth-order valence-electron chi connectivity index (χ4n) is 0.993. The molecule has 0 aliphatic carbocycles. The molecule has 72 valence electrons. The van der Waals surface area contributed by atoms with Gasteiger partial charge in [0.15, 0.2) is 0 Å². The van der Waals surface area contributed by atoms with Crippen LogP contribution in [0.25, 0.3) is 0 Å². The number of carbonyl (C=O) groups excluding carboxylic acids is 3. The highest BCUT2D eigenvalue weighted by molar-refractivity contribution is 6.44. The van der Waals surface area contributed by atoms with Gasteiger partial charge in [-0.3, -0.25) is 19.4 Å². The molecule has 0 atom stereocenters. The maximum Gasteiger partial charge on any atom is 0.334 e. The van der Waals surface area contributed by atoms with Gasteiger partial charge in [-0.2, -0.15) is 0 Å². The zero-order valence-electron chi connectivity index (χ0n) is 7.44. The van der Waals surface area contributed by atoms with Gasteiger partial charge < -0.3 is 4.74 Å². The second-order valence-corrected chi connectivity index (χ2v) is 2.60. The first-order valence-corrected chi connectivity index (χ1v) is 3.72. The lowest BCUT2D eigenvalue weighted by molar-refractivity contribution is -0.143. The predicted octanol–water partition coefficient (Wildman–Crippen LogP) is -0.947. The molecule has 0 saturated carbocycles. The monoisotopic (exact) mass is 186 g/mol. The van der Waals surface area contributed by atoms with Gasteiger partial charge in [-0.05, 0) is 0 Å². The number of ether oxygens (including phenoxy) is 1. The van der Waals surface area contributed by atoms with Crippen LogP contribution < -0.4 is 0 Å². The Morgan fingerprint density at radius 2 is 1.85 bits per heavy atom. The fourth-order valence-corrected chi connectivity index (χ4v) is 0.993. The molecule has 1 rings (SSSR count). The standard InChI is InChI=1S/C7H10N2O4/c1-8-5(10)6(11)9(7(8)12)3-4-13-2/h3-4H2,1-2H3. The molecule has 0 spiro atoms. The minimum atomic E-state index is -0.791. The third-order valence-electron chi connectivity index (χ3n) is 1.77. The van der Waals surface area contributed by atoms with Crippen LogP contribution in [0.1, 0.15) is 0 Å². The van der Waals surface area contributed by atoms with E-state index in [0.29, 0.717) is 0 Å². The molecule has 1 heterocycles. The minimum Gasteiger partial charge on any atom is -0.383 e. The third-order valence-corrected chi connectivity index (χ3v) is 1.77. The van der Waals surface area contributed by atoms with E-state index in [-0.39, 0.29) is 13.2 Å². The molecule has 0 aromatic heterocycles. The molecule has 0 aromatic carbocycles. The maximum absolute atomic E-state index is 11.2. The van der Waals surface area contributed by atoms with Crippen LogP contribution in [-0.2, 0) is 14.3 Å². The first-order chi connectivity index (χ1) is 6.09. The summed E-state index contributed by atoms with van der Waals surface area (Å²) in [6.07, 6.45) is 0. The highest BCUT2D eigenvalue weighted by Crippen LogP contribution is 2.08. The van der Waals surface area contributed by atoms with Gasteiger partial charge >= 0.3 is 17.8 Å². The Bertz CT molecular complexity index is 263. The Morgan fingerprint density at radius 1 is 1.23 bits per heavy atom. The van der Waals surface area contributed by atoms with E-state index in [1.807, 2.05) is 0 Å². The SMILES string of the molecule is COCCN1C(=O)C(=O)N(C)C1=O. The Hall–Kier alpha value is -1.43. The molecule has 1 aliphatic heterocycles. The van der Waals surface area contributed by atoms with Crippen molar-refractivity contribution in [2.24, 2.45) is 0 Å². The number of amides is 4. The van der Waals surface area contributed by atoms with E-state index >= 15 is 0 Å². The van der Waals surface area contributed by atoms with Gasteiger partial charge in [-0.15, -0.1) is 0 Å². The van der Waals surface area contributed by atoms with Crippen LogP contribution in [0.2, 0.25) is 0 Å². The third kappa shape index (κ3) is 1.52. The van der Waals surface area contributed by atoms with Crippen LogP contribution in [0.15, 0.2) is 0 Å². The van der Waals surface area contributed by atoms with E-state index in [2.05, 4.69) is 0 Å². The second-order valence-electron chi connectivity index (χ2n) is 2.60. The molecule has 0 unspecified atom stereocenters. The van der Waals surface area contributed by atoms with Crippen molar-refractivity contribution in [1.29, 1.82) is 0 Å². The summed E-state index contributed by atoms with van der Waals surface area (Å²) < 4.78 is 4.69. The molecule has 6 nitrogen and oxygen atoms in total. The number of carbonyl (C=O) groups is 3. The van der Waals surface area contributed by atoms with Crippen molar-refractivity contribution in [3.63, 3.8) is 0 Å². The molecule has 1 fully saturated rings. The molecule has 0 aromatic rings. The first kappa shape index (κ1) is 9.66. The van der Waals surface area contributed by atoms with Gasteiger partial charge in [0.2, 0.25) is 0 Å². The molecule has 6 heteroatoms. The number of likely N-dealkylation sites (N-methyl/N-ethyl adjacent to an activating group) is 1. The summed E-state index contributed by atoms with van der Waals surface area (Å²) in [6, 6.07) is -0.591. The van der Waals surface area contributed by atoms with Crippen molar-refractivity contribution >= 4 is 17.8 Å². The second kappa shape index (κ2) is 3.53. The summed E-state index contributed by atoms with van der Waals surface area (Å²) >= 11 is 0. The number of hydrogen-bond donors (Lipinski definition) is 0. The average Bonchev–Trinajstić information content (AvgIpc) is 2.30. The maximum atomic E-state index is 11.2. The van der Waals surface area contributed by atoms with Gasteiger partial charge in [0, 0.05) is 14.2 Å². The largest absolute Gasteiger partial charge is 0.383 e. The Kier molecular flexibility index (Phi) is 2.62. The van der Waals surface area contributed by atoms with Crippen molar-refractivity contribution in [2.75, 3.05) is 27.3 Å². The van der Waals surface area contributed by atoms with Crippen LogP contribution >= 0.6 is 0 Å². The highest BCUT2D eigenvalue weighted by atomic mass is 16.5. The molecule has 4 amide bonds. The Balaban J connectivity index is 2.70. The van der Waals surface area contributed by atoms with Gasteiger partial charge in [-0.25, -0.2) is 4.79 Å². The number of imide groups is 2. The summed E-state index contributed by atoms with van der Waals surface area (Å²) in [5.74, 6) is -1.58. The van der Waals surface area contributed by atoms with Gasteiger partial charge in [0.25, 0.3) is 0 Å². The van der Waals surface area contributed by atoms with E-state index in [4.69, 9.17) is 4.74 Å². The van der Waals surface area contributed by atoms with E-state index in [1.165, 1.54) is 14.2 Å². The summed E-state index contributed by atoms with van der Waals surface area (Å²) in [4.78, 5) is 34.9. The molecule has 0 N–H and O–H groups in total. The van der Waals surface area contributed by atoms with Crippen LogP contribution in [0.5, 0.6) is 0 Å². The summed E-state index contributed by atoms with van der Waals surface area (Å²) in [7, 11) is 2.73. The summed E-state index contributed by atoms with van der Waals surface area (Å²) in [6.45, 7) is 0.350. The molecule has 0 bridgehead atoms. The number of hydrogen-bond acceptors (Lipinski definition) is 4. The van der Waals surface area contributed by atoms with Crippen molar-refractivity contribution in [1.82, 2.24) is 9.80 Å². The highest BCUT2D eigenvalue weighted by Gasteiger charge is 2.41. The van der Waals surface area contributed by atoms with Crippen LogP contribution in [0, 0.1) is 0 Å². The molecular weight excluding hydrogens is 176 g/mol. The van der Waals surface area contributed by atoms with Gasteiger partial charge in [0.05, 0.1) is 13.2 Å². The quantitative estimate of drug-likeness (QED) is 0.421. The number of methoxy groups -OCH3 is 1. The predicted molar refractivity (Wildman–Crippen MR) is 41.8 cm³/mol. The molecule has 13 heavy (non-hydrogen) atoms. The van der Waals surface area contributed by atoms with E-state index < -0.39 is 17.8 Å². The normalized spacial score (nSPS) is 17.5. The lowest BCUT2D eigenvalue weighted by Crippen LogP contribution is -2.34. The molecule has 1 saturated heterocycles. The van der Waals surface area contributed by atoms with E-state index in [0.717, 1.165) is 9.80 Å². The fraction of sp³-hybridized carbons (Fsp3) is 0.571. The lowest BCUT2D eigenvalue weighted by atomic mass is 10.5. The smallest absolute Gasteiger partial charge is 0.334 e. The van der Waals surface area contributed by atoms with Crippen LogP contribution in [-0.4, -0.2) is 55.0 Å². The summed E-state index contributed by atoms with van der Waals surface area (Å²) in [5, 5.41) is 0. The molecular formula is C7H10N2O4. The first-order valence-electron chi connectivity index (χ1n) is 3.72. The van der Waals surface area contributed by atoms with Gasteiger partial charge in [0.1, 0.15) is 0 Å². The van der Waals surface area contributed by atoms with Crippen molar-refractivity contribution in [3.8, 4) is 0 Å².